The summed E-state index contributed by atoms with van der Waals surface area (Å²) in [5, 5.41) is 7.25. The number of morpholine rings is 1. The third-order valence-electron chi connectivity index (χ3n) is 5.89. The Hall–Kier alpha value is -4.31. The van der Waals surface area contributed by atoms with E-state index in [2.05, 4.69) is 25.5 Å². The summed E-state index contributed by atoms with van der Waals surface area (Å²) in [5.74, 6) is 0.274. The van der Waals surface area contributed by atoms with Crippen LogP contribution in [-0.4, -0.2) is 49.3 Å². The molecule has 5 rings (SSSR count). The van der Waals surface area contributed by atoms with Crippen molar-refractivity contribution in [2.45, 2.75) is 0 Å². The summed E-state index contributed by atoms with van der Waals surface area (Å²) in [7, 11) is 1.63. The zero-order valence-corrected chi connectivity index (χ0v) is 19.1. The van der Waals surface area contributed by atoms with Gasteiger partial charge in [0, 0.05) is 30.2 Å². The molecule has 2 aromatic carbocycles. The SMILES string of the molecule is COc1cc(N2CCOCC2)ccc1Nc1cc2c(Nc3cc(F)ccc3C(N)=O)cncc2[nH]1. The number of amides is 1. The topological polar surface area (TPSA) is 118 Å². The number of ether oxygens (including phenoxy) is 2. The molecule has 10 heteroatoms. The Balaban J connectivity index is 1.43. The van der Waals surface area contributed by atoms with Crippen LogP contribution in [0.2, 0.25) is 0 Å². The lowest BCUT2D eigenvalue weighted by atomic mass is 10.1. The number of pyridine rings is 1. The zero-order chi connectivity index (χ0) is 24.4. The highest BCUT2D eigenvalue weighted by Gasteiger charge is 2.16. The molecule has 1 fully saturated rings. The molecule has 9 nitrogen and oxygen atoms in total. The van der Waals surface area contributed by atoms with Crippen molar-refractivity contribution in [3.63, 3.8) is 0 Å². The number of methoxy groups -OCH3 is 1. The summed E-state index contributed by atoms with van der Waals surface area (Å²) in [4.78, 5) is 21.6. The van der Waals surface area contributed by atoms with Crippen LogP contribution >= 0.6 is 0 Å². The van der Waals surface area contributed by atoms with Crippen LogP contribution in [0.1, 0.15) is 10.4 Å². The van der Waals surface area contributed by atoms with Gasteiger partial charge in [0.25, 0.3) is 5.91 Å². The van der Waals surface area contributed by atoms with Crippen molar-refractivity contribution in [2.75, 3.05) is 48.9 Å². The largest absolute Gasteiger partial charge is 0.494 e. The molecule has 35 heavy (non-hydrogen) atoms. The maximum absolute atomic E-state index is 13.8. The highest BCUT2D eigenvalue weighted by atomic mass is 19.1. The molecule has 0 unspecified atom stereocenters. The van der Waals surface area contributed by atoms with Gasteiger partial charge in [0.1, 0.15) is 17.4 Å². The average molecular weight is 477 g/mol. The molecular weight excluding hydrogens is 451 g/mol. The number of carbonyl (C=O) groups is 1. The first kappa shape index (κ1) is 22.5. The molecule has 180 valence electrons. The molecule has 0 spiro atoms. The highest BCUT2D eigenvalue weighted by molar-refractivity contribution is 6.02. The molecule has 1 aliphatic heterocycles. The number of carbonyl (C=O) groups excluding carboxylic acids is 1. The predicted octanol–water partition coefficient (Wildman–Crippen LogP) is 4.13. The summed E-state index contributed by atoms with van der Waals surface area (Å²) >= 11 is 0. The second-order valence-electron chi connectivity index (χ2n) is 8.12. The van der Waals surface area contributed by atoms with E-state index in [4.69, 9.17) is 15.2 Å². The quantitative estimate of drug-likeness (QED) is 0.317. The third-order valence-corrected chi connectivity index (χ3v) is 5.89. The number of nitrogens with two attached hydrogens (primary N) is 1. The molecule has 0 atom stereocenters. The van der Waals surface area contributed by atoms with Crippen LogP contribution in [0, 0.1) is 5.82 Å². The zero-order valence-electron chi connectivity index (χ0n) is 19.1. The van der Waals surface area contributed by atoms with Crippen molar-refractivity contribution in [2.24, 2.45) is 5.73 Å². The summed E-state index contributed by atoms with van der Waals surface area (Å²) < 4.78 is 24.9. The Morgan fingerprint density at radius 3 is 2.69 bits per heavy atom. The Morgan fingerprint density at radius 2 is 1.91 bits per heavy atom. The smallest absolute Gasteiger partial charge is 0.250 e. The first-order chi connectivity index (χ1) is 17.0. The van der Waals surface area contributed by atoms with E-state index in [1.165, 1.54) is 18.2 Å². The number of nitrogens with zero attached hydrogens (tertiary/aromatic N) is 2. The van der Waals surface area contributed by atoms with Gasteiger partial charge in [-0.15, -0.1) is 0 Å². The van der Waals surface area contributed by atoms with Crippen molar-refractivity contribution in [3.8, 4) is 5.75 Å². The second-order valence-corrected chi connectivity index (χ2v) is 8.12. The van der Waals surface area contributed by atoms with E-state index in [-0.39, 0.29) is 11.3 Å². The van der Waals surface area contributed by atoms with Gasteiger partial charge in [0.2, 0.25) is 0 Å². The van der Waals surface area contributed by atoms with Gasteiger partial charge >= 0.3 is 0 Å². The predicted molar refractivity (Wildman–Crippen MR) is 134 cm³/mol. The van der Waals surface area contributed by atoms with Gasteiger partial charge in [-0.05, 0) is 36.4 Å². The Morgan fingerprint density at radius 1 is 1.09 bits per heavy atom. The van der Waals surface area contributed by atoms with E-state index >= 15 is 0 Å². The maximum Gasteiger partial charge on any atom is 0.250 e. The lowest BCUT2D eigenvalue weighted by molar-refractivity contribution is 0.100. The van der Waals surface area contributed by atoms with E-state index in [1.54, 1.807) is 19.5 Å². The van der Waals surface area contributed by atoms with E-state index in [1.807, 2.05) is 24.3 Å². The fourth-order valence-corrected chi connectivity index (χ4v) is 4.14. The number of nitrogens with one attached hydrogen (secondary N) is 3. The highest BCUT2D eigenvalue weighted by Crippen LogP contribution is 2.35. The summed E-state index contributed by atoms with van der Waals surface area (Å²) in [6.45, 7) is 3.09. The molecular formula is C25H25FN6O3. The lowest BCUT2D eigenvalue weighted by Crippen LogP contribution is -2.36. The van der Waals surface area contributed by atoms with Crippen LogP contribution < -0.4 is 26.0 Å². The Labute approximate surface area is 201 Å². The molecule has 4 aromatic rings. The molecule has 5 N–H and O–H groups in total. The van der Waals surface area contributed by atoms with Crippen molar-refractivity contribution in [1.82, 2.24) is 9.97 Å². The molecule has 1 saturated heterocycles. The summed E-state index contributed by atoms with van der Waals surface area (Å²) in [6.07, 6.45) is 3.29. The van der Waals surface area contributed by atoms with Gasteiger partial charge < -0.3 is 35.7 Å². The van der Waals surface area contributed by atoms with Gasteiger partial charge in [-0.3, -0.25) is 9.78 Å². The van der Waals surface area contributed by atoms with Crippen molar-refractivity contribution >= 4 is 45.4 Å². The molecule has 3 heterocycles. The number of benzene rings is 2. The van der Waals surface area contributed by atoms with Crippen LogP contribution in [0.25, 0.3) is 10.9 Å². The van der Waals surface area contributed by atoms with Crippen molar-refractivity contribution < 1.29 is 18.7 Å². The first-order valence-corrected chi connectivity index (χ1v) is 11.1. The standard InChI is InChI=1S/C25H25FN6O3/c1-34-23-11-16(32-6-8-35-9-7-32)3-5-19(23)30-24-12-18-21(13-28-14-22(18)31-24)29-20-10-15(26)2-4-17(20)25(27)33/h2-5,10-14,29-31H,6-9H2,1H3,(H2,27,33). The van der Waals surface area contributed by atoms with Crippen LogP contribution in [0.5, 0.6) is 5.75 Å². The molecule has 1 amide bonds. The van der Waals surface area contributed by atoms with Crippen molar-refractivity contribution in [3.05, 3.63) is 66.2 Å². The normalized spacial score (nSPS) is 13.6. The van der Waals surface area contributed by atoms with Gasteiger partial charge in [-0.25, -0.2) is 4.39 Å². The number of halogens is 1. The van der Waals surface area contributed by atoms with Gasteiger partial charge in [0.15, 0.2) is 0 Å². The molecule has 2 aromatic heterocycles. The lowest BCUT2D eigenvalue weighted by Gasteiger charge is -2.29. The third kappa shape index (κ3) is 4.69. The Bertz CT molecular complexity index is 1380. The molecule has 0 saturated carbocycles. The first-order valence-electron chi connectivity index (χ1n) is 11.1. The van der Waals surface area contributed by atoms with E-state index in [0.717, 1.165) is 35.4 Å². The van der Waals surface area contributed by atoms with Crippen LogP contribution in [-0.2, 0) is 4.74 Å². The van der Waals surface area contributed by atoms with Gasteiger partial charge in [-0.1, -0.05) is 0 Å². The van der Waals surface area contributed by atoms with Crippen molar-refractivity contribution in [1.29, 1.82) is 0 Å². The number of aromatic amines is 1. The maximum atomic E-state index is 13.8. The monoisotopic (exact) mass is 476 g/mol. The van der Waals surface area contributed by atoms with E-state index in [9.17, 15) is 9.18 Å². The van der Waals surface area contributed by atoms with Crippen LogP contribution in [0.3, 0.4) is 0 Å². The van der Waals surface area contributed by atoms with E-state index in [0.29, 0.717) is 30.5 Å². The number of hydrogen-bond donors (Lipinski definition) is 4. The number of fused-ring (bicyclic) bond motifs is 1. The molecule has 0 aliphatic carbocycles. The number of aromatic nitrogens is 2. The molecule has 1 aliphatic rings. The fourth-order valence-electron chi connectivity index (χ4n) is 4.14. The van der Waals surface area contributed by atoms with Crippen LogP contribution in [0.4, 0.5) is 33.0 Å². The molecule has 0 radical (unpaired) electrons. The summed E-state index contributed by atoms with van der Waals surface area (Å²) in [5.41, 5.74) is 9.11. The average Bonchev–Trinajstić information content (AvgIpc) is 3.28. The second kappa shape index (κ2) is 9.51. The summed E-state index contributed by atoms with van der Waals surface area (Å²) in [6, 6.07) is 11.7. The minimum atomic E-state index is -0.656. The molecule has 0 bridgehead atoms. The number of primary amides is 1. The number of H-pyrrole nitrogens is 1. The number of hydrogen-bond acceptors (Lipinski definition) is 7. The van der Waals surface area contributed by atoms with Crippen LogP contribution in [0.15, 0.2) is 54.9 Å². The number of anilines is 5. The fraction of sp³-hybridized carbons (Fsp3) is 0.200. The minimum absolute atomic E-state index is 0.183. The Kier molecular flexibility index (Phi) is 6.11. The van der Waals surface area contributed by atoms with Gasteiger partial charge in [0.05, 0.1) is 60.9 Å². The minimum Gasteiger partial charge on any atom is -0.494 e. The number of rotatable bonds is 7. The van der Waals surface area contributed by atoms with Gasteiger partial charge in [-0.2, -0.15) is 0 Å². The van der Waals surface area contributed by atoms with E-state index < -0.39 is 11.7 Å².